The van der Waals surface area contributed by atoms with Crippen molar-refractivity contribution in [2.75, 3.05) is 26.0 Å². The first kappa shape index (κ1) is 15.3. The maximum Gasteiger partial charge on any atom is 0.291 e. The van der Waals surface area contributed by atoms with Crippen LogP contribution in [0.15, 0.2) is 11.0 Å². The molecule has 2 rings (SSSR count). The van der Waals surface area contributed by atoms with Gasteiger partial charge >= 0.3 is 0 Å². The van der Waals surface area contributed by atoms with Crippen LogP contribution in [0.2, 0.25) is 5.02 Å². The van der Waals surface area contributed by atoms with E-state index in [0.717, 1.165) is 0 Å². The Bertz CT molecular complexity index is 510. The summed E-state index contributed by atoms with van der Waals surface area (Å²) < 4.78 is 1.54. The van der Waals surface area contributed by atoms with Gasteiger partial charge in [-0.3, -0.25) is 4.79 Å². The maximum absolute atomic E-state index is 12.4. The van der Waals surface area contributed by atoms with E-state index in [1.54, 1.807) is 10.9 Å². The van der Waals surface area contributed by atoms with E-state index >= 15 is 0 Å². The lowest BCUT2D eigenvalue weighted by Crippen LogP contribution is -2.35. The second-order valence-corrected chi connectivity index (χ2v) is 6.25. The maximum atomic E-state index is 12.4. The van der Waals surface area contributed by atoms with Crippen LogP contribution in [-0.2, 0) is 6.54 Å². The molecule has 20 heavy (non-hydrogen) atoms. The summed E-state index contributed by atoms with van der Waals surface area (Å²) in [6, 6.07) is 0.318. The molecular weight excluding hydrogens is 276 g/mol. The normalized spacial score (nSPS) is 17.1. The summed E-state index contributed by atoms with van der Waals surface area (Å²) in [4.78, 5) is 14.5. The standard InChI is InChI=1S/C14H23ClN4O/c1-10(18(2)3)7-16-13-12(15)8-17-19(14(13)20)9-11-5-4-6-11/h8,10-11,16H,4-7,9H2,1-3H3. The lowest BCUT2D eigenvalue weighted by molar-refractivity contribution is 0.262. The Morgan fingerprint density at radius 1 is 1.55 bits per heavy atom. The Balaban J connectivity index is 2.10. The van der Waals surface area contributed by atoms with Gasteiger partial charge in [-0.2, -0.15) is 5.10 Å². The molecule has 0 radical (unpaired) electrons. The first-order chi connectivity index (χ1) is 9.49. The number of anilines is 1. The molecule has 0 aliphatic heterocycles. The van der Waals surface area contributed by atoms with Gasteiger partial charge in [0.15, 0.2) is 0 Å². The average molecular weight is 299 g/mol. The van der Waals surface area contributed by atoms with Crippen LogP contribution in [-0.4, -0.2) is 41.4 Å². The summed E-state index contributed by atoms with van der Waals surface area (Å²) in [6.07, 6.45) is 5.21. The highest BCUT2D eigenvalue weighted by Crippen LogP contribution is 2.27. The Labute approximate surface area is 124 Å². The quantitative estimate of drug-likeness (QED) is 0.873. The molecule has 6 heteroatoms. The first-order valence-corrected chi connectivity index (χ1v) is 7.52. The van der Waals surface area contributed by atoms with Crippen molar-refractivity contribution in [3.05, 3.63) is 21.6 Å². The van der Waals surface area contributed by atoms with Crippen molar-refractivity contribution >= 4 is 17.3 Å². The van der Waals surface area contributed by atoms with Crippen LogP contribution in [0.4, 0.5) is 5.69 Å². The first-order valence-electron chi connectivity index (χ1n) is 7.15. The van der Waals surface area contributed by atoms with Crippen molar-refractivity contribution in [2.45, 2.75) is 38.8 Å². The number of aromatic nitrogens is 2. The molecule has 1 saturated carbocycles. The predicted octanol–water partition coefficient (Wildman–Crippen LogP) is 2.06. The molecule has 1 aliphatic carbocycles. The number of likely N-dealkylation sites (N-methyl/N-ethyl adjacent to an activating group) is 1. The van der Waals surface area contributed by atoms with Crippen molar-refractivity contribution in [3.8, 4) is 0 Å². The van der Waals surface area contributed by atoms with Gasteiger partial charge in [0.2, 0.25) is 0 Å². The van der Waals surface area contributed by atoms with Crippen LogP contribution in [0.3, 0.4) is 0 Å². The molecule has 1 aliphatic rings. The van der Waals surface area contributed by atoms with Crippen LogP contribution in [0.25, 0.3) is 0 Å². The van der Waals surface area contributed by atoms with Crippen LogP contribution in [0.1, 0.15) is 26.2 Å². The van der Waals surface area contributed by atoms with Crippen molar-refractivity contribution in [1.29, 1.82) is 0 Å². The zero-order valence-electron chi connectivity index (χ0n) is 12.4. The molecule has 1 aromatic heterocycles. The molecule has 1 unspecified atom stereocenters. The fraction of sp³-hybridized carbons (Fsp3) is 0.714. The highest BCUT2D eigenvalue weighted by atomic mass is 35.5. The zero-order chi connectivity index (χ0) is 14.7. The number of halogens is 1. The molecule has 0 aromatic carbocycles. The summed E-state index contributed by atoms with van der Waals surface area (Å²) in [5.41, 5.74) is 0.352. The van der Waals surface area contributed by atoms with E-state index < -0.39 is 0 Å². The largest absolute Gasteiger partial charge is 0.378 e. The van der Waals surface area contributed by atoms with E-state index in [0.29, 0.717) is 35.8 Å². The van der Waals surface area contributed by atoms with Crippen molar-refractivity contribution in [2.24, 2.45) is 5.92 Å². The molecule has 1 N–H and O–H groups in total. The van der Waals surface area contributed by atoms with E-state index in [9.17, 15) is 4.79 Å². The number of nitrogens with zero attached hydrogens (tertiary/aromatic N) is 3. The van der Waals surface area contributed by atoms with Crippen LogP contribution < -0.4 is 10.9 Å². The van der Waals surface area contributed by atoms with E-state index in [1.807, 2.05) is 14.1 Å². The molecule has 1 fully saturated rings. The number of hydrogen-bond donors (Lipinski definition) is 1. The van der Waals surface area contributed by atoms with Gasteiger partial charge in [-0.1, -0.05) is 18.0 Å². The van der Waals surface area contributed by atoms with E-state index in [4.69, 9.17) is 11.6 Å². The van der Waals surface area contributed by atoms with Gasteiger partial charge in [-0.15, -0.1) is 0 Å². The molecule has 0 spiro atoms. The minimum Gasteiger partial charge on any atom is -0.378 e. The number of hydrogen-bond acceptors (Lipinski definition) is 4. The highest BCUT2D eigenvalue weighted by molar-refractivity contribution is 6.32. The van der Waals surface area contributed by atoms with Gasteiger partial charge in [0, 0.05) is 19.1 Å². The van der Waals surface area contributed by atoms with Crippen LogP contribution in [0, 0.1) is 5.92 Å². The predicted molar refractivity (Wildman–Crippen MR) is 82.5 cm³/mol. The van der Waals surface area contributed by atoms with Crippen molar-refractivity contribution in [1.82, 2.24) is 14.7 Å². The molecule has 0 bridgehead atoms. The summed E-state index contributed by atoms with van der Waals surface area (Å²) in [5.74, 6) is 0.593. The minimum absolute atomic E-state index is 0.115. The third-order valence-electron chi connectivity index (χ3n) is 4.11. The van der Waals surface area contributed by atoms with E-state index in [1.165, 1.54) is 19.3 Å². The Hall–Kier alpha value is -1.07. The lowest BCUT2D eigenvalue weighted by Gasteiger charge is -2.25. The van der Waals surface area contributed by atoms with E-state index in [2.05, 4.69) is 22.2 Å². The number of nitrogens with one attached hydrogen (secondary N) is 1. The monoisotopic (exact) mass is 298 g/mol. The molecule has 1 heterocycles. The van der Waals surface area contributed by atoms with Gasteiger partial charge < -0.3 is 10.2 Å². The van der Waals surface area contributed by atoms with Crippen LogP contribution in [0.5, 0.6) is 0 Å². The Morgan fingerprint density at radius 2 is 2.25 bits per heavy atom. The third kappa shape index (κ3) is 3.52. The Kier molecular flexibility index (Phi) is 5.05. The highest BCUT2D eigenvalue weighted by Gasteiger charge is 2.20. The third-order valence-corrected chi connectivity index (χ3v) is 4.40. The SMILES string of the molecule is CC(CNc1c(Cl)cnn(CC2CCC2)c1=O)N(C)C. The molecule has 112 valence electrons. The second kappa shape index (κ2) is 6.59. The molecular formula is C14H23ClN4O. The molecule has 1 aromatic rings. The van der Waals surface area contributed by atoms with Gasteiger partial charge in [-0.25, -0.2) is 4.68 Å². The topological polar surface area (TPSA) is 50.2 Å². The molecule has 5 nitrogen and oxygen atoms in total. The summed E-state index contributed by atoms with van der Waals surface area (Å²) in [6.45, 7) is 3.47. The second-order valence-electron chi connectivity index (χ2n) is 5.85. The Morgan fingerprint density at radius 3 is 2.80 bits per heavy atom. The fourth-order valence-corrected chi connectivity index (χ4v) is 2.30. The minimum atomic E-state index is -0.115. The smallest absolute Gasteiger partial charge is 0.291 e. The number of rotatable bonds is 6. The summed E-state index contributed by atoms with van der Waals surface area (Å²) in [5, 5.41) is 7.70. The van der Waals surface area contributed by atoms with Gasteiger partial charge in [-0.05, 0) is 39.8 Å². The van der Waals surface area contributed by atoms with Gasteiger partial charge in [0.25, 0.3) is 5.56 Å². The summed E-state index contributed by atoms with van der Waals surface area (Å²) >= 11 is 6.10. The molecule has 1 atom stereocenters. The van der Waals surface area contributed by atoms with Crippen LogP contribution >= 0.6 is 11.6 Å². The zero-order valence-corrected chi connectivity index (χ0v) is 13.2. The fourth-order valence-electron chi connectivity index (χ4n) is 2.11. The van der Waals surface area contributed by atoms with Gasteiger partial charge in [0.05, 0.1) is 11.2 Å². The van der Waals surface area contributed by atoms with Crippen molar-refractivity contribution < 1.29 is 0 Å². The lowest BCUT2D eigenvalue weighted by atomic mass is 9.85. The molecule has 0 saturated heterocycles. The van der Waals surface area contributed by atoms with Gasteiger partial charge in [0.1, 0.15) is 5.69 Å². The average Bonchev–Trinajstić information content (AvgIpc) is 2.35. The molecule has 0 amide bonds. The van der Waals surface area contributed by atoms with E-state index in [-0.39, 0.29) is 5.56 Å². The van der Waals surface area contributed by atoms with Crippen molar-refractivity contribution in [3.63, 3.8) is 0 Å². The summed E-state index contributed by atoms with van der Waals surface area (Å²) in [7, 11) is 4.02.